The maximum absolute atomic E-state index is 12.0. The highest BCUT2D eigenvalue weighted by atomic mass is 16.7. The van der Waals surface area contributed by atoms with Crippen LogP contribution in [0, 0.1) is 12.8 Å². The van der Waals surface area contributed by atoms with Crippen LogP contribution in [0.25, 0.3) is 0 Å². The van der Waals surface area contributed by atoms with E-state index in [0.29, 0.717) is 37.3 Å². The molecule has 5 heteroatoms. The summed E-state index contributed by atoms with van der Waals surface area (Å²) in [5.41, 5.74) is 1.70. The highest BCUT2D eigenvalue weighted by molar-refractivity contribution is 5.34. The first kappa shape index (κ1) is 9.79. The second kappa shape index (κ2) is 2.97. The highest BCUT2D eigenvalue weighted by Gasteiger charge is 2.61. The van der Waals surface area contributed by atoms with Gasteiger partial charge in [-0.1, -0.05) is 0 Å². The number of hydrogen-bond acceptors (Lipinski definition) is 4. The summed E-state index contributed by atoms with van der Waals surface area (Å²) in [7, 11) is 0. The quantitative estimate of drug-likeness (QED) is 0.709. The van der Waals surface area contributed by atoms with Gasteiger partial charge >= 0.3 is 0 Å². The van der Waals surface area contributed by atoms with Crippen LogP contribution in [0.5, 0.6) is 0 Å². The zero-order chi connectivity index (χ0) is 11.6. The lowest BCUT2D eigenvalue weighted by Gasteiger charge is -2.31. The van der Waals surface area contributed by atoms with Crippen molar-refractivity contribution < 1.29 is 9.47 Å². The van der Waals surface area contributed by atoms with Gasteiger partial charge in [-0.15, -0.1) is 0 Å². The van der Waals surface area contributed by atoms with E-state index in [4.69, 9.17) is 9.47 Å². The molecule has 1 spiro atoms. The van der Waals surface area contributed by atoms with Crippen molar-refractivity contribution in [2.45, 2.75) is 31.5 Å². The Bertz CT molecular complexity index is 545. The van der Waals surface area contributed by atoms with Gasteiger partial charge in [0.15, 0.2) is 5.79 Å². The Kier molecular flexibility index (Phi) is 1.71. The van der Waals surface area contributed by atoms with Crippen molar-refractivity contribution in [3.8, 4) is 0 Å². The van der Waals surface area contributed by atoms with E-state index < -0.39 is 5.79 Å². The monoisotopic (exact) mass is 234 g/mol. The average molecular weight is 234 g/mol. The zero-order valence-electron chi connectivity index (χ0n) is 9.66. The number of nitrogens with zero attached hydrogens (tertiary/aromatic N) is 1. The Morgan fingerprint density at radius 2 is 2.18 bits per heavy atom. The predicted octanol–water partition coefficient (Wildman–Crippen LogP) is 0.481. The molecule has 1 aliphatic heterocycles. The Morgan fingerprint density at radius 1 is 1.41 bits per heavy atom. The van der Waals surface area contributed by atoms with E-state index in [-0.39, 0.29) is 5.56 Å². The topological polar surface area (TPSA) is 64.2 Å². The molecule has 17 heavy (non-hydrogen) atoms. The number of H-pyrrole nitrogens is 1. The Labute approximate surface area is 98.2 Å². The lowest BCUT2D eigenvalue weighted by atomic mass is 9.91. The van der Waals surface area contributed by atoms with E-state index in [2.05, 4.69) is 9.97 Å². The van der Waals surface area contributed by atoms with Gasteiger partial charge in [-0.2, -0.15) is 0 Å². The lowest BCUT2D eigenvalue weighted by molar-refractivity contribution is -0.176. The van der Waals surface area contributed by atoms with Gasteiger partial charge in [-0.25, -0.2) is 4.98 Å². The molecule has 0 bridgehead atoms. The molecule has 2 fully saturated rings. The van der Waals surface area contributed by atoms with Gasteiger partial charge in [0.25, 0.3) is 5.56 Å². The number of hydrogen-bond donors (Lipinski definition) is 1. The first-order valence-corrected chi connectivity index (χ1v) is 6.07. The summed E-state index contributed by atoms with van der Waals surface area (Å²) in [5, 5.41) is 0. The molecule has 4 rings (SSSR count). The highest BCUT2D eigenvalue weighted by Crippen LogP contribution is 2.60. The summed E-state index contributed by atoms with van der Waals surface area (Å²) >= 11 is 0. The maximum Gasteiger partial charge on any atom is 0.254 e. The van der Waals surface area contributed by atoms with E-state index in [1.807, 2.05) is 6.92 Å². The number of aromatic amines is 1. The van der Waals surface area contributed by atoms with E-state index in [1.54, 1.807) is 0 Å². The van der Waals surface area contributed by atoms with Crippen LogP contribution in [-0.2, 0) is 15.9 Å². The van der Waals surface area contributed by atoms with Crippen LogP contribution < -0.4 is 5.56 Å². The molecule has 1 aromatic heterocycles. The van der Waals surface area contributed by atoms with Crippen molar-refractivity contribution in [2.24, 2.45) is 5.92 Å². The third kappa shape index (κ3) is 1.21. The molecule has 2 aliphatic carbocycles. The molecule has 2 heterocycles. The number of fused-ring (bicyclic) bond motifs is 4. The van der Waals surface area contributed by atoms with Gasteiger partial charge < -0.3 is 14.5 Å². The third-order valence-corrected chi connectivity index (χ3v) is 4.07. The minimum absolute atomic E-state index is 0.0312. The molecule has 1 saturated heterocycles. The third-order valence-electron chi connectivity index (χ3n) is 4.07. The number of aromatic nitrogens is 2. The summed E-state index contributed by atoms with van der Waals surface area (Å²) in [6.45, 7) is 3.09. The van der Waals surface area contributed by atoms with Crippen LogP contribution in [-0.4, -0.2) is 29.0 Å². The molecule has 0 aromatic carbocycles. The fourth-order valence-corrected chi connectivity index (χ4v) is 3.26. The molecular weight excluding hydrogens is 220 g/mol. The number of aryl methyl sites for hydroxylation is 1. The molecule has 5 nitrogen and oxygen atoms in total. The zero-order valence-corrected chi connectivity index (χ0v) is 9.66. The summed E-state index contributed by atoms with van der Waals surface area (Å²) in [6, 6.07) is 0. The summed E-state index contributed by atoms with van der Waals surface area (Å²) in [5.74, 6) is 0.925. The molecule has 0 radical (unpaired) electrons. The standard InChI is InChI=1S/C12H14N2O3/c1-6-13-10-7-4-9(7)12(16-2-3-17-12)5-8(10)11(15)14-6/h7,9H,2-5H2,1H3,(H,13,14,15). The molecule has 1 N–H and O–H groups in total. The van der Waals surface area contributed by atoms with Gasteiger partial charge in [-0.05, 0) is 13.3 Å². The van der Waals surface area contributed by atoms with Gasteiger partial charge in [0.05, 0.1) is 18.9 Å². The van der Waals surface area contributed by atoms with Crippen molar-refractivity contribution in [2.75, 3.05) is 13.2 Å². The molecule has 1 saturated carbocycles. The summed E-state index contributed by atoms with van der Waals surface area (Å²) in [4.78, 5) is 19.2. The van der Waals surface area contributed by atoms with Crippen LogP contribution in [0.4, 0.5) is 0 Å². The van der Waals surface area contributed by atoms with Gasteiger partial charge in [0.2, 0.25) is 0 Å². The maximum atomic E-state index is 12.0. The van der Waals surface area contributed by atoms with E-state index in [9.17, 15) is 4.79 Å². The molecule has 1 aromatic rings. The fraction of sp³-hybridized carbons (Fsp3) is 0.667. The predicted molar refractivity (Wildman–Crippen MR) is 58.8 cm³/mol. The second-order valence-corrected chi connectivity index (χ2v) is 5.15. The number of ether oxygens (including phenoxy) is 2. The van der Waals surface area contributed by atoms with Crippen LogP contribution >= 0.6 is 0 Å². The van der Waals surface area contributed by atoms with Crippen LogP contribution in [0.1, 0.15) is 29.4 Å². The molecule has 2 unspecified atom stereocenters. The number of rotatable bonds is 0. The van der Waals surface area contributed by atoms with Crippen molar-refractivity contribution in [1.29, 1.82) is 0 Å². The SMILES string of the molecule is Cc1nc2c(c(=O)[nH]1)CC1(OCCO1)C1CC21. The molecule has 0 amide bonds. The minimum atomic E-state index is -0.526. The fourth-order valence-electron chi connectivity index (χ4n) is 3.26. The van der Waals surface area contributed by atoms with Gasteiger partial charge in [-0.3, -0.25) is 4.79 Å². The van der Waals surface area contributed by atoms with E-state index in [1.165, 1.54) is 0 Å². The van der Waals surface area contributed by atoms with Crippen LogP contribution in [0.15, 0.2) is 4.79 Å². The average Bonchev–Trinajstić information content (AvgIpc) is 2.98. The second-order valence-electron chi connectivity index (χ2n) is 5.15. The normalized spacial score (nSPS) is 32.3. The van der Waals surface area contributed by atoms with Gasteiger partial charge in [0, 0.05) is 23.8 Å². The molecule has 3 aliphatic rings. The molecule has 90 valence electrons. The van der Waals surface area contributed by atoms with Crippen LogP contribution in [0.2, 0.25) is 0 Å². The Hall–Kier alpha value is -1.20. The van der Waals surface area contributed by atoms with Crippen molar-refractivity contribution in [3.63, 3.8) is 0 Å². The van der Waals surface area contributed by atoms with Crippen molar-refractivity contribution in [1.82, 2.24) is 9.97 Å². The minimum Gasteiger partial charge on any atom is -0.347 e. The number of nitrogens with one attached hydrogen (secondary N) is 1. The van der Waals surface area contributed by atoms with E-state index >= 15 is 0 Å². The largest absolute Gasteiger partial charge is 0.347 e. The Morgan fingerprint density at radius 3 is 2.94 bits per heavy atom. The lowest BCUT2D eigenvalue weighted by Crippen LogP contribution is -2.41. The first-order chi connectivity index (χ1) is 8.20. The first-order valence-electron chi connectivity index (χ1n) is 6.07. The Balaban J connectivity index is 1.87. The smallest absolute Gasteiger partial charge is 0.254 e. The van der Waals surface area contributed by atoms with Gasteiger partial charge in [0.1, 0.15) is 5.82 Å². The van der Waals surface area contributed by atoms with Crippen molar-refractivity contribution >= 4 is 0 Å². The summed E-state index contributed by atoms with van der Waals surface area (Å²) < 4.78 is 11.5. The summed E-state index contributed by atoms with van der Waals surface area (Å²) in [6.07, 6.45) is 1.58. The van der Waals surface area contributed by atoms with E-state index in [0.717, 1.165) is 17.7 Å². The van der Waals surface area contributed by atoms with Crippen molar-refractivity contribution in [3.05, 3.63) is 27.4 Å². The molecule has 2 atom stereocenters. The van der Waals surface area contributed by atoms with Crippen LogP contribution in [0.3, 0.4) is 0 Å². The molecular formula is C12H14N2O3.